The number of nitrogens with one attached hydrogen (secondary N) is 2. The zero-order chi connectivity index (χ0) is 8.81. The van der Waals surface area contributed by atoms with Crippen molar-refractivity contribution in [2.45, 2.75) is 25.8 Å². The van der Waals surface area contributed by atoms with Gasteiger partial charge in [0.05, 0.1) is 6.61 Å². The molecule has 1 unspecified atom stereocenters. The van der Waals surface area contributed by atoms with Crippen molar-refractivity contribution < 1.29 is 9.53 Å². The van der Waals surface area contributed by atoms with E-state index in [1.54, 1.807) is 6.92 Å². The molecule has 1 rings (SSSR count). The number of hydrogen-bond acceptors (Lipinski definition) is 3. The Hall–Kier alpha value is -0.770. The van der Waals surface area contributed by atoms with Gasteiger partial charge < -0.3 is 15.4 Å². The number of amides is 1. The van der Waals surface area contributed by atoms with Crippen LogP contribution in [0.4, 0.5) is 4.79 Å². The van der Waals surface area contributed by atoms with E-state index in [0.717, 1.165) is 13.0 Å². The van der Waals surface area contributed by atoms with Gasteiger partial charge >= 0.3 is 6.09 Å². The summed E-state index contributed by atoms with van der Waals surface area (Å²) in [5.74, 6) is 0. The van der Waals surface area contributed by atoms with Gasteiger partial charge in [0, 0.05) is 12.6 Å². The van der Waals surface area contributed by atoms with Crippen molar-refractivity contribution in [3.05, 3.63) is 0 Å². The van der Waals surface area contributed by atoms with Crippen LogP contribution in [0, 0.1) is 0 Å². The highest BCUT2D eigenvalue weighted by molar-refractivity contribution is 5.67. The summed E-state index contributed by atoms with van der Waals surface area (Å²) in [4.78, 5) is 10.8. The topological polar surface area (TPSA) is 50.4 Å². The van der Waals surface area contributed by atoms with Gasteiger partial charge in [-0.25, -0.2) is 4.79 Å². The number of alkyl carbamates (subject to hydrolysis) is 1. The molecule has 1 amide bonds. The molecule has 4 nitrogen and oxygen atoms in total. The summed E-state index contributed by atoms with van der Waals surface area (Å²) >= 11 is 0. The molecule has 0 aromatic carbocycles. The molecular weight excluding hydrogens is 156 g/mol. The monoisotopic (exact) mass is 172 g/mol. The summed E-state index contributed by atoms with van der Waals surface area (Å²) in [6.45, 7) is 3.98. The van der Waals surface area contributed by atoms with E-state index in [9.17, 15) is 4.79 Å². The van der Waals surface area contributed by atoms with Gasteiger partial charge in [-0.05, 0) is 26.3 Å². The first-order valence-corrected chi connectivity index (χ1v) is 4.47. The lowest BCUT2D eigenvalue weighted by atomic mass is 10.2. The van der Waals surface area contributed by atoms with Gasteiger partial charge in [0.15, 0.2) is 0 Å². The fourth-order valence-corrected chi connectivity index (χ4v) is 1.32. The molecule has 0 aliphatic carbocycles. The summed E-state index contributed by atoms with van der Waals surface area (Å²) in [5, 5.41) is 5.99. The second-order valence-corrected chi connectivity index (χ2v) is 2.89. The zero-order valence-corrected chi connectivity index (χ0v) is 7.43. The molecule has 1 aliphatic rings. The molecule has 1 aliphatic heterocycles. The Morgan fingerprint density at radius 2 is 2.58 bits per heavy atom. The summed E-state index contributed by atoms with van der Waals surface area (Å²) in [5.41, 5.74) is 0. The second kappa shape index (κ2) is 4.98. The van der Waals surface area contributed by atoms with E-state index in [1.807, 2.05) is 0 Å². The minimum atomic E-state index is -0.314. The van der Waals surface area contributed by atoms with Gasteiger partial charge in [-0.3, -0.25) is 0 Å². The number of carbonyl (C=O) groups is 1. The highest BCUT2D eigenvalue weighted by Gasteiger charge is 2.14. The molecule has 0 saturated carbocycles. The van der Waals surface area contributed by atoms with Gasteiger partial charge in [-0.15, -0.1) is 0 Å². The number of carbonyl (C=O) groups excluding carboxylic acids is 1. The molecule has 0 aromatic rings. The van der Waals surface area contributed by atoms with Crippen LogP contribution in [-0.2, 0) is 4.74 Å². The molecule has 1 saturated heterocycles. The predicted octanol–water partition coefficient (Wildman–Crippen LogP) is 0.484. The van der Waals surface area contributed by atoms with E-state index in [1.165, 1.54) is 6.42 Å². The molecule has 0 aromatic heterocycles. The van der Waals surface area contributed by atoms with E-state index >= 15 is 0 Å². The zero-order valence-electron chi connectivity index (χ0n) is 7.43. The molecule has 0 bridgehead atoms. The molecular formula is C8H16N2O2. The Kier molecular flexibility index (Phi) is 3.87. The third kappa shape index (κ3) is 3.09. The summed E-state index contributed by atoms with van der Waals surface area (Å²) in [7, 11) is 0. The standard InChI is InChI=1S/C8H16N2O2/c1-2-12-8(11)10-6-7-4-3-5-9-7/h7,9H,2-6H2,1H3,(H,10,11). The third-order valence-corrected chi connectivity index (χ3v) is 1.93. The molecule has 2 N–H and O–H groups in total. The number of hydrogen-bond donors (Lipinski definition) is 2. The molecule has 12 heavy (non-hydrogen) atoms. The Bertz CT molecular complexity index is 144. The van der Waals surface area contributed by atoms with Gasteiger partial charge in [0.2, 0.25) is 0 Å². The van der Waals surface area contributed by atoms with Crippen LogP contribution in [0.3, 0.4) is 0 Å². The van der Waals surface area contributed by atoms with Crippen LogP contribution in [0.5, 0.6) is 0 Å². The van der Waals surface area contributed by atoms with Crippen LogP contribution < -0.4 is 10.6 Å². The second-order valence-electron chi connectivity index (χ2n) is 2.89. The van der Waals surface area contributed by atoms with Crippen molar-refractivity contribution in [1.82, 2.24) is 10.6 Å². The first kappa shape index (κ1) is 9.32. The predicted molar refractivity (Wildman–Crippen MR) is 46.0 cm³/mol. The smallest absolute Gasteiger partial charge is 0.407 e. The van der Waals surface area contributed by atoms with Crippen molar-refractivity contribution >= 4 is 6.09 Å². The van der Waals surface area contributed by atoms with Gasteiger partial charge in [0.1, 0.15) is 0 Å². The summed E-state index contributed by atoms with van der Waals surface area (Å²) in [6, 6.07) is 0.439. The number of ether oxygens (including phenoxy) is 1. The van der Waals surface area contributed by atoms with Crippen molar-refractivity contribution in [2.75, 3.05) is 19.7 Å². The van der Waals surface area contributed by atoms with Crippen molar-refractivity contribution in [2.24, 2.45) is 0 Å². The van der Waals surface area contributed by atoms with E-state index in [-0.39, 0.29) is 6.09 Å². The Balaban J connectivity index is 2.03. The Labute approximate surface area is 72.7 Å². The fourth-order valence-electron chi connectivity index (χ4n) is 1.32. The maximum Gasteiger partial charge on any atom is 0.407 e. The van der Waals surface area contributed by atoms with Crippen LogP contribution in [-0.4, -0.2) is 31.8 Å². The van der Waals surface area contributed by atoms with E-state index in [2.05, 4.69) is 10.6 Å². The quantitative estimate of drug-likeness (QED) is 0.651. The lowest BCUT2D eigenvalue weighted by Gasteiger charge is -2.10. The average molecular weight is 172 g/mol. The first-order valence-electron chi connectivity index (χ1n) is 4.47. The van der Waals surface area contributed by atoms with Crippen LogP contribution in [0.25, 0.3) is 0 Å². The number of rotatable bonds is 3. The molecule has 1 atom stereocenters. The normalized spacial score (nSPS) is 22.2. The average Bonchev–Trinajstić information content (AvgIpc) is 2.53. The highest BCUT2D eigenvalue weighted by atomic mass is 16.5. The SMILES string of the molecule is CCOC(=O)NCC1CCCN1. The van der Waals surface area contributed by atoms with E-state index in [4.69, 9.17) is 4.74 Å². The molecule has 1 heterocycles. The van der Waals surface area contributed by atoms with Crippen molar-refractivity contribution in [3.8, 4) is 0 Å². The maximum atomic E-state index is 10.8. The van der Waals surface area contributed by atoms with Crippen LogP contribution in [0.2, 0.25) is 0 Å². The van der Waals surface area contributed by atoms with Gasteiger partial charge in [0.25, 0.3) is 0 Å². The van der Waals surface area contributed by atoms with Crippen LogP contribution in [0.15, 0.2) is 0 Å². The lowest BCUT2D eigenvalue weighted by Crippen LogP contribution is -2.37. The molecule has 0 radical (unpaired) electrons. The minimum absolute atomic E-state index is 0.314. The van der Waals surface area contributed by atoms with Crippen LogP contribution in [0.1, 0.15) is 19.8 Å². The highest BCUT2D eigenvalue weighted by Crippen LogP contribution is 2.02. The van der Waals surface area contributed by atoms with Gasteiger partial charge in [-0.2, -0.15) is 0 Å². The van der Waals surface area contributed by atoms with E-state index in [0.29, 0.717) is 19.2 Å². The molecule has 70 valence electrons. The third-order valence-electron chi connectivity index (χ3n) is 1.93. The van der Waals surface area contributed by atoms with Gasteiger partial charge in [-0.1, -0.05) is 0 Å². The maximum absolute atomic E-state index is 10.8. The first-order chi connectivity index (χ1) is 5.83. The summed E-state index contributed by atoms with van der Waals surface area (Å²) in [6.07, 6.45) is 2.04. The minimum Gasteiger partial charge on any atom is -0.450 e. The lowest BCUT2D eigenvalue weighted by molar-refractivity contribution is 0.151. The Morgan fingerprint density at radius 3 is 3.17 bits per heavy atom. The molecule has 4 heteroatoms. The Morgan fingerprint density at radius 1 is 1.75 bits per heavy atom. The molecule has 0 spiro atoms. The van der Waals surface area contributed by atoms with Crippen LogP contribution >= 0.6 is 0 Å². The van der Waals surface area contributed by atoms with Crippen molar-refractivity contribution in [3.63, 3.8) is 0 Å². The largest absolute Gasteiger partial charge is 0.450 e. The summed E-state index contributed by atoms with van der Waals surface area (Å²) < 4.78 is 4.72. The fraction of sp³-hybridized carbons (Fsp3) is 0.875. The van der Waals surface area contributed by atoms with Crippen molar-refractivity contribution in [1.29, 1.82) is 0 Å². The van der Waals surface area contributed by atoms with E-state index < -0.39 is 0 Å². The molecule has 1 fully saturated rings.